The molecule has 0 atom stereocenters. The van der Waals surface area contributed by atoms with Crippen LogP contribution in [-0.4, -0.2) is 19.5 Å². The van der Waals surface area contributed by atoms with Gasteiger partial charge in [0.2, 0.25) is 0 Å². The van der Waals surface area contributed by atoms with E-state index in [1.54, 1.807) is 6.07 Å². The van der Waals surface area contributed by atoms with Crippen molar-refractivity contribution in [3.63, 3.8) is 0 Å². The summed E-state index contributed by atoms with van der Waals surface area (Å²) in [6.45, 7) is -3.02. The van der Waals surface area contributed by atoms with Crippen molar-refractivity contribution in [1.82, 2.24) is 0 Å². The Kier molecular flexibility index (Phi) is 5.41. The van der Waals surface area contributed by atoms with Gasteiger partial charge < -0.3 is 9.47 Å². The molecular weight excluding hydrogens is 309 g/mol. The number of benzene rings is 2. The van der Waals surface area contributed by atoms with E-state index >= 15 is 0 Å². The molecule has 0 aliphatic rings. The van der Waals surface area contributed by atoms with Crippen LogP contribution in [-0.2, 0) is 0 Å². The second-order valence-corrected chi connectivity index (χ2v) is 4.46. The zero-order chi connectivity index (χ0) is 16.8. The Morgan fingerprint density at radius 3 is 2.43 bits per heavy atom. The summed E-state index contributed by atoms with van der Waals surface area (Å²) >= 11 is 0. The van der Waals surface area contributed by atoms with Gasteiger partial charge in [0.15, 0.2) is 17.3 Å². The number of hydrogen-bond donors (Lipinski definition) is 0. The largest absolute Gasteiger partial charge is 0.493 e. The molecule has 0 fully saturated rings. The highest BCUT2D eigenvalue weighted by Crippen LogP contribution is 2.33. The number of rotatable bonds is 6. The Morgan fingerprint density at radius 1 is 1.13 bits per heavy atom. The first-order valence-electron chi connectivity index (χ1n) is 6.61. The van der Waals surface area contributed by atoms with E-state index in [1.807, 2.05) is 0 Å². The van der Waals surface area contributed by atoms with Crippen LogP contribution in [0, 0.1) is 5.82 Å². The summed E-state index contributed by atoms with van der Waals surface area (Å²) in [6.07, 6.45) is 2.53. The fraction of sp³-hybridized carbons (Fsp3) is 0.118. The summed E-state index contributed by atoms with van der Waals surface area (Å²) in [6, 6.07) is 9.56. The smallest absolute Gasteiger partial charge is 0.387 e. The number of halogens is 3. The third-order valence-corrected chi connectivity index (χ3v) is 2.98. The zero-order valence-corrected chi connectivity index (χ0v) is 12.1. The molecule has 0 N–H and O–H groups in total. The van der Waals surface area contributed by atoms with Gasteiger partial charge in [-0.05, 0) is 42.5 Å². The van der Waals surface area contributed by atoms with Gasteiger partial charge in [-0.2, -0.15) is 8.78 Å². The number of alkyl halides is 2. The third-order valence-electron chi connectivity index (χ3n) is 2.98. The third kappa shape index (κ3) is 4.35. The van der Waals surface area contributed by atoms with E-state index in [-0.39, 0.29) is 22.6 Å². The fourth-order valence-corrected chi connectivity index (χ4v) is 1.92. The number of carbonyl (C=O) groups excluding carboxylic acids is 1. The van der Waals surface area contributed by atoms with Gasteiger partial charge in [0.25, 0.3) is 0 Å². The molecule has 2 aromatic carbocycles. The Hall–Kier alpha value is -2.76. The average Bonchev–Trinajstić information content (AvgIpc) is 2.53. The van der Waals surface area contributed by atoms with Crippen molar-refractivity contribution in [2.45, 2.75) is 6.61 Å². The van der Waals surface area contributed by atoms with Crippen LogP contribution in [0.4, 0.5) is 13.2 Å². The summed E-state index contributed by atoms with van der Waals surface area (Å²) in [5.41, 5.74) is 0.544. The molecule has 2 aromatic rings. The predicted molar refractivity (Wildman–Crippen MR) is 79.4 cm³/mol. The van der Waals surface area contributed by atoms with Crippen LogP contribution in [0.1, 0.15) is 15.9 Å². The predicted octanol–water partition coefficient (Wildman–Crippen LogP) is 4.33. The second kappa shape index (κ2) is 7.49. The van der Waals surface area contributed by atoms with E-state index in [4.69, 9.17) is 4.74 Å². The molecule has 0 saturated heterocycles. The molecular formula is C17H13F3O3. The van der Waals surface area contributed by atoms with Crippen LogP contribution >= 0.6 is 0 Å². The number of para-hydroxylation sites is 1. The van der Waals surface area contributed by atoms with Crippen molar-refractivity contribution < 1.29 is 27.4 Å². The van der Waals surface area contributed by atoms with E-state index in [9.17, 15) is 18.0 Å². The van der Waals surface area contributed by atoms with Crippen molar-refractivity contribution in [1.29, 1.82) is 0 Å². The molecule has 0 aliphatic heterocycles. The van der Waals surface area contributed by atoms with Gasteiger partial charge in [-0.25, -0.2) is 4.39 Å². The molecule has 0 amide bonds. The highest BCUT2D eigenvalue weighted by molar-refractivity contribution is 6.06. The first kappa shape index (κ1) is 16.6. The Balaban J connectivity index is 2.28. The van der Waals surface area contributed by atoms with Gasteiger partial charge in [0.1, 0.15) is 5.82 Å². The fourth-order valence-electron chi connectivity index (χ4n) is 1.92. The molecule has 0 saturated carbocycles. The Morgan fingerprint density at radius 2 is 1.83 bits per heavy atom. The van der Waals surface area contributed by atoms with Crippen molar-refractivity contribution in [2.75, 3.05) is 7.11 Å². The molecule has 0 unspecified atom stereocenters. The van der Waals surface area contributed by atoms with Crippen molar-refractivity contribution >= 4 is 11.9 Å². The van der Waals surface area contributed by atoms with Crippen LogP contribution in [0.3, 0.4) is 0 Å². The quantitative estimate of drug-likeness (QED) is 0.586. The van der Waals surface area contributed by atoms with Gasteiger partial charge in [0.05, 0.1) is 7.11 Å². The number of ketones is 1. The van der Waals surface area contributed by atoms with Crippen LogP contribution in [0.25, 0.3) is 6.08 Å². The molecule has 3 nitrogen and oxygen atoms in total. The lowest BCUT2D eigenvalue weighted by Crippen LogP contribution is -2.05. The molecule has 0 bridgehead atoms. The first-order chi connectivity index (χ1) is 11.0. The Labute approximate surface area is 131 Å². The summed E-state index contributed by atoms with van der Waals surface area (Å²) in [7, 11) is 1.32. The van der Waals surface area contributed by atoms with Crippen molar-refractivity contribution in [2.24, 2.45) is 0 Å². The van der Waals surface area contributed by atoms with E-state index in [0.717, 1.165) is 12.1 Å². The topological polar surface area (TPSA) is 35.5 Å². The van der Waals surface area contributed by atoms with Gasteiger partial charge >= 0.3 is 6.61 Å². The average molecular weight is 322 g/mol. The monoisotopic (exact) mass is 322 g/mol. The van der Waals surface area contributed by atoms with Gasteiger partial charge in [-0.3, -0.25) is 4.79 Å². The summed E-state index contributed by atoms with van der Waals surface area (Å²) in [5.74, 6) is -0.878. The first-order valence-corrected chi connectivity index (χ1v) is 6.61. The number of ether oxygens (including phenoxy) is 2. The lowest BCUT2D eigenvalue weighted by molar-refractivity contribution is -0.0513. The van der Waals surface area contributed by atoms with E-state index in [0.29, 0.717) is 0 Å². The van der Waals surface area contributed by atoms with Crippen LogP contribution in [0.5, 0.6) is 11.5 Å². The van der Waals surface area contributed by atoms with Gasteiger partial charge in [-0.15, -0.1) is 0 Å². The van der Waals surface area contributed by atoms with Crippen molar-refractivity contribution in [3.8, 4) is 11.5 Å². The minimum atomic E-state index is -3.02. The maximum Gasteiger partial charge on any atom is 0.387 e. The van der Waals surface area contributed by atoms with Crippen LogP contribution < -0.4 is 9.47 Å². The maximum atomic E-state index is 12.8. The summed E-state index contributed by atoms with van der Waals surface area (Å²) < 4.78 is 47.3. The molecule has 0 spiro atoms. The molecule has 2 rings (SSSR count). The minimum absolute atomic E-state index is 0.127. The number of allylic oxidation sites excluding steroid dienone is 1. The molecule has 6 heteroatoms. The lowest BCUT2D eigenvalue weighted by atomic mass is 10.1. The summed E-state index contributed by atoms with van der Waals surface area (Å²) in [5, 5.41) is 0. The molecule has 23 heavy (non-hydrogen) atoms. The molecule has 120 valence electrons. The minimum Gasteiger partial charge on any atom is -0.493 e. The number of methoxy groups -OCH3 is 1. The highest BCUT2D eigenvalue weighted by Gasteiger charge is 2.14. The molecule has 0 aromatic heterocycles. The van der Waals surface area contributed by atoms with Crippen molar-refractivity contribution in [3.05, 3.63) is 65.5 Å². The Bertz CT molecular complexity index is 710. The highest BCUT2D eigenvalue weighted by atomic mass is 19.3. The molecule has 0 aliphatic carbocycles. The molecule has 0 heterocycles. The number of hydrogen-bond acceptors (Lipinski definition) is 3. The van der Waals surface area contributed by atoms with E-state index < -0.39 is 18.2 Å². The van der Waals surface area contributed by atoms with Crippen LogP contribution in [0.15, 0.2) is 48.5 Å². The standard InChI is InChI=1S/C17H13F3O3/c1-22-15-4-2-3-12(16(15)23-17(19)20)7-10-14(21)11-5-8-13(18)9-6-11/h2-10,17H,1H3. The molecule has 0 radical (unpaired) electrons. The maximum absolute atomic E-state index is 12.8. The van der Waals surface area contributed by atoms with E-state index in [2.05, 4.69) is 4.74 Å². The zero-order valence-electron chi connectivity index (χ0n) is 12.1. The summed E-state index contributed by atoms with van der Waals surface area (Å²) in [4.78, 5) is 12.0. The SMILES string of the molecule is COc1cccc(C=CC(=O)c2ccc(F)cc2)c1OC(F)F. The van der Waals surface area contributed by atoms with Gasteiger partial charge in [-0.1, -0.05) is 12.1 Å². The second-order valence-electron chi connectivity index (χ2n) is 4.46. The lowest BCUT2D eigenvalue weighted by Gasteiger charge is -2.12. The normalized spacial score (nSPS) is 11.0. The number of carbonyl (C=O) groups is 1. The van der Waals surface area contributed by atoms with Crippen LogP contribution in [0.2, 0.25) is 0 Å². The van der Waals surface area contributed by atoms with E-state index in [1.165, 1.54) is 43.5 Å². The van der Waals surface area contributed by atoms with Gasteiger partial charge in [0, 0.05) is 11.1 Å².